The summed E-state index contributed by atoms with van der Waals surface area (Å²) in [6.45, 7) is 5.78. The maximum Gasteiger partial charge on any atom is 0.128 e. The molecule has 20 heavy (non-hydrogen) atoms. The minimum Gasteiger partial charge on any atom is -0.314 e. The summed E-state index contributed by atoms with van der Waals surface area (Å²) < 4.78 is 27.5. The van der Waals surface area contributed by atoms with Crippen LogP contribution in [0.2, 0.25) is 0 Å². The molecule has 0 saturated carbocycles. The van der Waals surface area contributed by atoms with E-state index in [1.54, 1.807) is 0 Å². The molecule has 1 aliphatic heterocycles. The predicted octanol–water partition coefficient (Wildman–Crippen LogP) is 3.49. The van der Waals surface area contributed by atoms with Crippen LogP contribution in [-0.4, -0.2) is 31.1 Å². The van der Waals surface area contributed by atoms with Crippen LogP contribution in [0.4, 0.5) is 8.78 Å². The Morgan fingerprint density at radius 3 is 2.65 bits per heavy atom. The van der Waals surface area contributed by atoms with Crippen LogP contribution in [0.5, 0.6) is 0 Å². The fourth-order valence-electron chi connectivity index (χ4n) is 2.89. The second-order valence-electron chi connectivity index (χ2n) is 5.46. The van der Waals surface area contributed by atoms with Crippen LogP contribution in [0.1, 0.15) is 44.2 Å². The average Bonchev–Trinajstić information content (AvgIpc) is 2.48. The van der Waals surface area contributed by atoms with Crippen LogP contribution in [0, 0.1) is 11.6 Å². The molecule has 0 amide bonds. The van der Waals surface area contributed by atoms with Gasteiger partial charge in [0, 0.05) is 37.8 Å². The van der Waals surface area contributed by atoms with Crippen molar-refractivity contribution in [3.63, 3.8) is 0 Å². The van der Waals surface area contributed by atoms with Gasteiger partial charge in [0.15, 0.2) is 0 Å². The molecule has 4 heteroatoms. The zero-order valence-corrected chi connectivity index (χ0v) is 12.2. The third kappa shape index (κ3) is 4.00. The number of rotatable bonds is 6. The van der Waals surface area contributed by atoms with E-state index in [0.29, 0.717) is 5.56 Å². The fourth-order valence-corrected chi connectivity index (χ4v) is 2.89. The molecule has 1 saturated heterocycles. The quantitative estimate of drug-likeness (QED) is 0.803. The summed E-state index contributed by atoms with van der Waals surface area (Å²) in [4.78, 5) is 2.28. The first-order chi connectivity index (χ1) is 9.72. The molecule has 1 aliphatic rings. The Morgan fingerprint density at radius 1 is 1.20 bits per heavy atom. The molecule has 1 N–H and O–H groups in total. The first-order valence-electron chi connectivity index (χ1n) is 7.62. The van der Waals surface area contributed by atoms with E-state index in [1.165, 1.54) is 18.2 Å². The lowest BCUT2D eigenvalue weighted by Gasteiger charge is -2.35. The number of hydrogen-bond acceptors (Lipinski definition) is 2. The van der Waals surface area contributed by atoms with Crippen molar-refractivity contribution in [1.29, 1.82) is 0 Å². The Bertz CT molecular complexity index is 417. The zero-order chi connectivity index (χ0) is 14.4. The molecule has 1 aromatic carbocycles. The van der Waals surface area contributed by atoms with Gasteiger partial charge in [0.2, 0.25) is 0 Å². The number of nitrogens with zero attached hydrogens (tertiary/aromatic N) is 1. The maximum atomic E-state index is 14.1. The van der Waals surface area contributed by atoms with Gasteiger partial charge in [0.1, 0.15) is 11.6 Å². The van der Waals surface area contributed by atoms with E-state index in [4.69, 9.17) is 0 Å². The van der Waals surface area contributed by atoms with Crippen LogP contribution in [0.15, 0.2) is 18.2 Å². The smallest absolute Gasteiger partial charge is 0.128 e. The van der Waals surface area contributed by atoms with Crippen LogP contribution >= 0.6 is 0 Å². The molecule has 0 spiro atoms. The summed E-state index contributed by atoms with van der Waals surface area (Å²) in [5.74, 6) is -0.636. The van der Waals surface area contributed by atoms with Gasteiger partial charge < -0.3 is 5.32 Å². The summed E-state index contributed by atoms with van der Waals surface area (Å²) in [5, 5.41) is 3.30. The summed E-state index contributed by atoms with van der Waals surface area (Å²) >= 11 is 0. The molecule has 2 rings (SSSR count). The molecule has 0 radical (unpaired) electrons. The first kappa shape index (κ1) is 15.4. The van der Waals surface area contributed by atoms with Crippen molar-refractivity contribution < 1.29 is 8.78 Å². The van der Waals surface area contributed by atoms with Crippen molar-refractivity contribution in [3.05, 3.63) is 35.4 Å². The van der Waals surface area contributed by atoms with Crippen molar-refractivity contribution in [2.75, 3.05) is 26.2 Å². The van der Waals surface area contributed by atoms with E-state index >= 15 is 0 Å². The van der Waals surface area contributed by atoms with E-state index in [2.05, 4.69) is 17.1 Å². The van der Waals surface area contributed by atoms with Gasteiger partial charge >= 0.3 is 0 Å². The molecule has 1 atom stereocenters. The summed E-state index contributed by atoms with van der Waals surface area (Å²) in [6, 6.07) is 3.81. The Hall–Kier alpha value is -1.00. The third-order valence-corrected chi connectivity index (χ3v) is 3.99. The van der Waals surface area contributed by atoms with Gasteiger partial charge in [-0.2, -0.15) is 0 Å². The second-order valence-corrected chi connectivity index (χ2v) is 5.46. The lowest BCUT2D eigenvalue weighted by Crippen LogP contribution is -2.45. The van der Waals surface area contributed by atoms with E-state index in [9.17, 15) is 8.78 Å². The standard InChI is InChI=1S/C16H24F2N2/c1-2-3-4-5-16(20-10-8-19-9-11-20)14-12-13(17)6-7-15(14)18/h6-7,12,16,19H,2-5,8-11H2,1H3/t16-/m0/s1. The lowest BCUT2D eigenvalue weighted by molar-refractivity contribution is 0.159. The fraction of sp³-hybridized carbons (Fsp3) is 0.625. The van der Waals surface area contributed by atoms with Crippen LogP contribution in [-0.2, 0) is 0 Å². The third-order valence-electron chi connectivity index (χ3n) is 3.99. The van der Waals surface area contributed by atoms with Crippen molar-refractivity contribution in [2.45, 2.75) is 38.6 Å². The zero-order valence-electron chi connectivity index (χ0n) is 12.2. The molecular formula is C16H24F2N2. The van der Waals surface area contributed by atoms with E-state index in [1.807, 2.05) is 0 Å². The highest BCUT2D eigenvalue weighted by atomic mass is 19.1. The lowest BCUT2D eigenvalue weighted by atomic mass is 9.97. The van der Waals surface area contributed by atoms with Gasteiger partial charge in [-0.05, 0) is 24.6 Å². The second kappa shape index (κ2) is 7.70. The van der Waals surface area contributed by atoms with E-state index in [-0.39, 0.29) is 17.7 Å². The Kier molecular flexibility index (Phi) is 5.92. The summed E-state index contributed by atoms with van der Waals surface area (Å²) in [6.07, 6.45) is 4.23. The van der Waals surface area contributed by atoms with Gasteiger partial charge in [0.25, 0.3) is 0 Å². The Labute approximate surface area is 120 Å². The number of nitrogens with one attached hydrogen (secondary N) is 1. The van der Waals surface area contributed by atoms with Crippen LogP contribution in [0.25, 0.3) is 0 Å². The predicted molar refractivity (Wildman–Crippen MR) is 77.7 cm³/mol. The molecule has 0 aliphatic carbocycles. The minimum absolute atomic E-state index is 0.000602. The number of piperazine rings is 1. The average molecular weight is 282 g/mol. The van der Waals surface area contributed by atoms with Crippen molar-refractivity contribution in [1.82, 2.24) is 10.2 Å². The number of benzene rings is 1. The van der Waals surface area contributed by atoms with E-state index < -0.39 is 0 Å². The van der Waals surface area contributed by atoms with Gasteiger partial charge in [0.05, 0.1) is 0 Å². The van der Waals surface area contributed by atoms with Gasteiger partial charge in [-0.1, -0.05) is 26.2 Å². The molecule has 1 aromatic rings. The highest BCUT2D eigenvalue weighted by Gasteiger charge is 2.24. The highest BCUT2D eigenvalue weighted by molar-refractivity contribution is 5.22. The molecule has 0 unspecified atom stereocenters. The minimum atomic E-state index is -0.350. The van der Waals surface area contributed by atoms with Crippen LogP contribution in [0.3, 0.4) is 0 Å². The van der Waals surface area contributed by atoms with Crippen molar-refractivity contribution in [2.24, 2.45) is 0 Å². The summed E-state index contributed by atoms with van der Waals surface area (Å²) in [5.41, 5.74) is 0.517. The molecule has 1 fully saturated rings. The molecule has 112 valence electrons. The first-order valence-corrected chi connectivity index (χ1v) is 7.62. The number of hydrogen-bond donors (Lipinski definition) is 1. The maximum absolute atomic E-state index is 14.1. The summed E-state index contributed by atoms with van der Waals surface area (Å²) in [7, 11) is 0. The van der Waals surface area contributed by atoms with Crippen molar-refractivity contribution >= 4 is 0 Å². The highest BCUT2D eigenvalue weighted by Crippen LogP contribution is 2.29. The SMILES string of the molecule is CCCCC[C@@H](c1cc(F)ccc1F)N1CCNCC1. The molecular weight excluding hydrogens is 258 g/mol. The topological polar surface area (TPSA) is 15.3 Å². The Balaban J connectivity index is 2.17. The number of unbranched alkanes of at least 4 members (excludes halogenated alkanes) is 2. The van der Waals surface area contributed by atoms with Gasteiger partial charge in [-0.25, -0.2) is 8.78 Å². The molecule has 1 heterocycles. The van der Waals surface area contributed by atoms with Crippen molar-refractivity contribution in [3.8, 4) is 0 Å². The van der Waals surface area contributed by atoms with Gasteiger partial charge in [-0.15, -0.1) is 0 Å². The van der Waals surface area contributed by atoms with Gasteiger partial charge in [-0.3, -0.25) is 4.90 Å². The molecule has 0 aromatic heterocycles. The number of halogens is 2. The Morgan fingerprint density at radius 2 is 1.95 bits per heavy atom. The largest absolute Gasteiger partial charge is 0.314 e. The van der Waals surface area contributed by atoms with Crippen LogP contribution < -0.4 is 5.32 Å². The molecule has 0 bridgehead atoms. The van der Waals surface area contributed by atoms with E-state index in [0.717, 1.165) is 51.9 Å². The molecule has 2 nitrogen and oxygen atoms in total. The monoisotopic (exact) mass is 282 g/mol. The normalized spacial score (nSPS) is 18.1.